The van der Waals surface area contributed by atoms with Crippen LogP contribution in [0.4, 0.5) is 22.5 Å². The largest absolute Gasteiger partial charge is 1.00 e. The van der Waals surface area contributed by atoms with Crippen LogP contribution in [0.2, 0.25) is 0 Å². The summed E-state index contributed by atoms with van der Waals surface area (Å²) in [5.74, 6) is -0.136. The molecule has 0 aliphatic carbocycles. The van der Waals surface area contributed by atoms with Gasteiger partial charge < -0.3 is 26.8 Å². The van der Waals surface area contributed by atoms with Gasteiger partial charge in [0.25, 0.3) is 0 Å². The Morgan fingerprint density at radius 2 is 1.53 bits per heavy atom. The normalized spacial score (nSPS) is 12.3. The molecular weight excluding hydrogens is 431 g/mol. The third-order valence-corrected chi connectivity index (χ3v) is 3.36. The molecule has 30 heavy (non-hydrogen) atoms. The van der Waals surface area contributed by atoms with E-state index in [-0.39, 0.29) is 68.4 Å². The van der Waals surface area contributed by atoms with E-state index >= 15 is 0 Å². The van der Waals surface area contributed by atoms with Crippen molar-refractivity contribution in [2.75, 3.05) is 0 Å². The van der Waals surface area contributed by atoms with E-state index in [9.17, 15) is 22.5 Å². The van der Waals surface area contributed by atoms with Gasteiger partial charge in [0.1, 0.15) is 23.3 Å². The van der Waals surface area contributed by atoms with Crippen LogP contribution in [-0.2, 0) is 16.0 Å². The van der Waals surface area contributed by atoms with Gasteiger partial charge in [-0.3, -0.25) is 0 Å². The first-order valence-electron chi connectivity index (χ1n) is 8.88. The van der Waals surface area contributed by atoms with Crippen LogP contribution in [0.25, 0.3) is 11.1 Å². The Hall–Kier alpha value is -1.08. The predicted octanol–water partition coefficient (Wildman–Crippen LogP) is 1.56. The number of rotatable bonds is 3. The second-order valence-electron chi connectivity index (χ2n) is 8.46. The van der Waals surface area contributed by atoms with Gasteiger partial charge in [0.15, 0.2) is 5.58 Å². The Balaban J connectivity index is 0.00000450. The molecule has 0 atom stereocenters. The van der Waals surface area contributed by atoms with Crippen LogP contribution in [0.3, 0.4) is 0 Å². The van der Waals surface area contributed by atoms with Crippen molar-refractivity contribution in [2.24, 2.45) is 0 Å². The fraction of sp³-hybridized carbons (Fsp3) is 0.500. The van der Waals surface area contributed by atoms with Gasteiger partial charge in [0, 0.05) is 0 Å². The zero-order valence-corrected chi connectivity index (χ0v) is 21.2. The van der Waals surface area contributed by atoms with Crippen LogP contribution in [0.1, 0.15) is 47.4 Å². The van der Waals surface area contributed by atoms with Crippen molar-refractivity contribution in [3.05, 3.63) is 24.1 Å². The number of benzene rings is 1. The molecule has 1 aromatic carbocycles. The van der Waals surface area contributed by atoms with E-state index in [1.54, 1.807) is 41.5 Å². The van der Waals surface area contributed by atoms with Crippen molar-refractivity contribution < 1.29 is 87.8 Å². The third-order valence-electron chi connectivity index (χ3n) is 3.36. The molecule has 0 saturated heterocycles. The Morgan fingerprint density at radius 3 is 1.97 bits per heavy atom. The molecule has 2 aromatic rings. The number of carbonyl (C=O) groups excluding carboxylic acids is 2. The quantitative estimate of drug-likeness (QED) is 0.655. The number of oxazole rings is 1. The van der Waals surface area contributed by atoms with Crippen LogP contribution in [0.5, 0.6) is 0 Å². The van der Waals surface area contributed by atoms with Gasteiger partial charge in [0.05, 0.1) is 0 Å². The van der Waals surface area contributed by atoms with Crippen molar-refractivity contribution in [3.63, 3.8) is 0 Å². The first-order valence-corrected chi connectivity index (χ1v) is 8.88. The molecule has 0 aliphatic heterocycles. The molecule has 160 valence electrons. The number of hydrogen-bond acceptors (Lipinski definition) is 6. The van der Waals surface area contributed by atoms with E-state index in [0.29, 0.717) is 4.90 Å². The average molecular weight is 454 g/mol. The van der Waals surface area contributed by atoms with E-state index in [2.05, 4.69) is 4.98 Å². The van der Waals surface area contributed by atoms with E-state index in [0.717, 1.165) is 18.2 Å². The number of halogens is 3. The van der Waals surface area contributed by atoms with E-state index < -0.39 is 42.4 Å². The summed E-state index contributed by atoms with van der Waals surface area (Å²) >= 11 is 0. The molecule has 0 saturated carbocycles. The Labute approximate surface area is 215 Å². The monoisotopic (exact) mass is 454 g/mol. The van der Waals surface area contributed by atoms with Crippen LogP contribution in [0.15, 0.2) is 22.6 Å². The van der Waals surface area contributed by atoms with Crippen molar-refractivity contribution in [1.29, 1.82) is 0 Å². The number of aromatic nitrogens is 1. The van der Waals surface area contributed by atoms with Gasteiger partial charge in [-0.05, 0) is 47.6 Å². The molecule has 1 heterocycles. The summed E-state index contributed by atoms with van der Waals surface area (Å²) in [7, 11) is 0. The Bertz CT molecular complexity index is 891. The SMILES string of the molecule is CC(C)(C)OC(=O)N(Cc1nc2cc([B-](F)(F)F)ccc2o1)C(=O)OC(C)(C)C.[K+]. The molecular formula is C18H23BF3KN2O5. The Kier molecular flexibility index (Phi) is 8.62. The number of hydrogen-bond donors (Lipinski definition) is 0. The number of fused-ring (bicyclic) bond motifs is 1. The van der Waals surface area contributed by atoms with E-state index in [4.69, 9.17) is 13.9 Å². The molecule has 0 N–H and O–H groups in total. The van der Waals surface area contributed by atoms with Crippen molar-refractivity contribution >= 4 is 35.7 Å². The smallest absolute Gasteiger partial charge is 0.445 e. The number of nitrogens with zero attached hydrogens (tertiary/aromatic N) is 2. The van der Waals surface area contributed by atoms with Gasteiger partial charge in [0.2, 0.25) is 5.89 Å². The zero-order chi connectivity index (χ0) is 22.2. The summed E-state index contributed by atoms with van der Waals surface area (Å²) in [5, 5.41) is 0. The van der Waals surface area contributed by atoms with Crippen LogP contribution in [-0.4, -0.2) is 40.2 Å². The van der Waals surface area contributed by atoms with Crippen molar-refractivity contribution in [1.82, 2.24) is 9.88 Å². The average Bonchev–Trinajstić information content (AvgIpc) is 2.89. The molecule has 2 rings (SSSR count). The molecule has 0 bridgehead atoms. The molecule has 0 fully saturated rings. The summed E-state index contributed by atoms with van der Waals surface area (Å²) in [6.07, 6.45) is -1.98. The number of imide groups is 1. The fourth-order valence-corrected chi connectivity index (χ4v) is 2.24. The summed E-state index contributed by atoms with van der Waals surface area (Å²) in [5.41, 5.74) is -2.54. The van der Waals surface area contributed by atoms with Gasteiger partial charge in [-0.2, -0.15) is 0 Å². The molecule has 12 heteroatoms. The maximum absolute atomic E-state index is 12.9. The maximum Gasteiger partial charge on any atom is 1.00 e. The summed E-state index contributed by atoms with van der Waals surface area (Å²) in [4.78, 5) is 29.6. The van der Waals surface area contributed by atoms with Gasteiger partial charge >= 0.3 is 70.5 Å². The number of amides is 2. The molecule has 0 aliphatic rings. The minimum absolute atomic E-state index is 0. The van der Waals surface area contributed by atoms with Gasteiger partial charge in [-0.1, -0.05) is 12.1 Å². The Morgan fingerprint density at radius 1 is 1.03 bits per heavy atom. The molecule has 1 aromatic heterocycles. The first kappa shape index (κ1) is 27.0. The van der Waals surface area contributed by atoms with E-state index in [1.165, 1.54) is 0 Å². The molecule has 0 spiro atoms. The molecule has 7 nitrogen and oxygen atoms in total. The minimum Gasteiger partial charge on any atom is -0.445 e. The van der Waals surface area contributed by atoms with Crippen LogP contribution < -0.4 is 56.8 Å². The molecule has 0 unspecified atom stereocenters. The van der Waals surface area contributed by atoms with Crippen molar-refractivity contribution in [2.45, 2.75) is 59.3 Å². The number of carbonyl (C=O) groups is 2. The standard InChI is InChI=1S/C18H23BF3N2O5.K/c1-17(2,3)28-15(25)24(16(26)29-18(4,5)6)10-14-23-12-9-11(19(20,21)22)7-8-13(12)27-14;/h7-9H,10H2,1-6H3;/q-1;+1. The van der Waals surface area contributed by atoms with Gasteiger partial charge in [-0.15, -0.1) is 5.46 Å². The van der Waals surface area contributed by atoms with Crippen LogP contribution in [0, 0.1) is 0 Å². The molecule has 2 amide bonds. The van der Waals surface area contributed by atoms with Crippen LogP contribution >= 0.6 is 0 Å². The second kappa shape index (κ2) is 9.60. The predicted molar refractivity (Wildman–Crippen MR) is 101 cm³/mol. The summed E-state index contributed by atoms with van der Waals surface area (Å²) in [6, 6.07) is 2.88. The second-order valence-corrected chi connectivity index (χ2v) is 8.46. The minimum atomic E-state index is -5.20. The third kappa shape index (κ3) is 7.88. The van der Waals surface area contributed by atoms with E-state index in [1.807, 2.05) is 0 Å². The summed E-state index contributed by atoms with van der Waals surface area (Å²) < 4.78 is 54.6. The zero-order valence-electron chi connectivity index (χ0n) is 18.1. The van der Waals surface area contributed by atoms with Crippen molar-refractivity contribution in [3.8, 4) is 0 Å². The number of ether oxygens (including phenoxy) is 2. The fourth-order valence-electron chi connectivity index (χ4n) is 2.24. The maximum atomic E-state index is 12.9. The summed E-state index contributed by atoms with van der Waals surface area (Å²) in [6.45, 7) is 4.08. The molecule has 0 radical (unpaired) electrons. The van der Waals surface area contributed by atoms with Gasteiger partial charge in [-0.25, -0.2) is 19.5 Å². The topological polar surface area (TPSA) is 81.9 Å². The first-order chi connectivity index (χ1) is 13.0.